The maximum atomic E-state index is 3.67. The molecule has 0 aromatic heterocycles. The van der Waals surface area contributed by atoms with E-state index in [0.29, 0.717) is 6.04 Å². The van der Waals surface area contributed by atoms with Crippen molar-refractivity contribution in [3.8, 4) is 0 Å². The molecule has 1 aromatic rings. The number of piperazine rings is 1. The minimum atomic E-state index is 0.265. The number of hydrogen-bond acceptors (Lipinski definition) is 3. The van der Waals surface area contributed by atoms with Gasteiger partial charge in [-0.2, -0.15) is 0 Å². The van der Waals surface area contributed by atoms with Crippen LogP contribution in [0.2, 0.25) is 0 Å². The second-order valence-electron chi connectivity index (χ2n) is 6.94. The third kappa shape index (κ3) is 4.06. The van der Waals surface area contributed by atoms with Crippen LogP contribution in [0.5, 0.6) is 0 Å². The highest BCUT2D eigenvalue weighted by Gasteiger charge is 2.32. The van der Waals surface area contributed by atoms with Crippen molar-refractivity contribution in [1.82, 2.24) is 15.1 Å². The van der Waals surface area contributed by atoms with E-state index in [9.17, 15) is 0 Å². The molecule has 2 rings (SSSR count). The average molecular weight is 289 g/mol. The normalized spacial score (nSPS) is 21.4. The van der Waals surface area contributed by atoms with Crippen LogP contribution in [0, 0.1) is 6.92 Å². The third-order valence-electron chi connectivity index (χ3n) is 4.85. The topological polar surface area (TPSA) is 18.5 Å². The fourth-order valence-electron chi connectivity index (χ4n) is 3.25. The van der Waals surface area contributed by atoms with E-state index in [-0.39, 0.29) is 5.54 Å². The molecule has 21 heavy (non-hydrogen) atoms. The SMILES string of the molecule is CCNC(CN1CCN(C)C(C)(C)C1)c1ccccc1C. The van der Waals surface area contributed by atoms with Crippen LogP contribution in [-0.4, -0.2) is 55.1 Å². The van der Waals surface area contributed by atoms with Gasteiger partial charge in [0.1, 0.15) is 0 Å². The molecule has 1 aromatic carbocycles. The smallest absolute Gasteiger partial charge is 0.0451 e. The first-order valence-electron chi connectivity index (χ1n) is 8.16. The molecule has 1 aliphatic heterocycles. The Labute approximate surface area is 130 Å². The summed E-state index contributed by atoms with van der Waals surface area (Å²) in [5.41, 5.74) is 3.09. The van der Waals surface area contributed by atoms with E-state index in [4.69, 9.17) is 0 Å². The molecule has 1 atom stereocenters. The zero-order valence-electron chi connectivity index (χ0n) is 14.3. The lowest BCUT2D eigenvalue weighted by atomic mass is 9.97. The Balaban J connectivity index is 2.09. The molecule has 0 saturated carbocycles. The number of likely N-dealkylation sites (N-methyl/N-ethyl adjacent to an activating group) is 2. The van der Waals surface area contributed by atoms with Gasteiger partial charge in [0.05, 0.1) is 0 Å². The zero-order chi connectivity index (χ0) is 15.5. The van der Waals surface area contributed by atoms with Gasteiger partial charge in [0.15, 0.2) is 0 Å². The van der Waals surface area contributed by atoms with Crippen molar-refractivity contribution in [2.75, 3.05) is 39.8 Å². The number of rotatable bonds is 5. The van der Waals surface area contributed by atoms with E-state index in [1.165, 1.54) is 11.1 Å². The highest BCUT2D eigenvalue weighted by Crippen LogP contribution is 2.23. The van der Waals surface area contributed by atoms with Crippen LogP contribution >= 0.6 is 0 Å². The standard InChI is InChI=1S/C18H31N3/c1-6-19-17(16-10-8-7-9-15(16)2)13-21-12-11-20(5)18(3,4)14-21/h7-10,17,19H,6,11-14H2,1-5H3. The molecule has 1 N–H and O–H groups in total. The lowest BCUT2D eigenvalue weighted by molar-refractivity contribution is 0.0352. The van der Waals surface area contributed by atoms with Crippen LogP contribution in [0.4, 0.5) is 0 Å². The van der Waals surface area contributed by atoms with E-state index in [1.54, 1.807) is 0 Å². The molecule has 1 heterocycles. The summed E-state index contributed by atoms with van der Waals surface area (Å²) in [5, 5.41) is 3.67. The first kappa shape index (κ1) is 16.5. The van der Waals surface area contributed by atoms with E-state index in [0.717, 1.165) is 32.7 Å². The predicted octanol–water partition coefficient (Wildman–Crippen LogP) is 2.67. The van der Waals surface area contributed by atoms with Crippen molar-refractivity contribution in [2.45, 2.75) is 39.3 Å². The summed E-state index contributed by atoms with van der Waals surface area (Å²) in [6.45, 7) is 14.6. The molecule has 1 fully saturated rings. The van der Waals surface area contributed by atoms with Gasteiger partial charge in [0.25, 0.3) is 0 Å². The summed E-state index contributed by atoms with van der Waals surface area (Å²) in [6.07, 6.45) is 0. The summed E-state index contributed by atoms with van der Waals surface area (Å²) in [4.78, 5) is 5.08. The lowest BCUT2D eigenvalue weighted by Gasteiger charge is -2.46. The summed E-state index contributed by atoms with van der Waals surface area (Å²) >= 11 is 0. The summed E-state index contributed by atoms with van der Waals surface area (Å²) in [7, 11) is 2.24. The van der Waals surface area contributed by atoms with Crippen molar-refractivity contribution in [2.24, 2.45) is 0 Å². The summed E-state index contributed by atoms with van der Waals surface area (Å²) in [5.74, 6) is 0. The Bertz CT molecular complexity index is 456. The number of nitrogens with zero attached hydrogens (tertiary/aromatic N) is 2. The number of benzene rings is 1. The van der Waals surface area contributed by atoms with Crippen LogP contribution in [0.1, 0.15) is 37.9 Å². The highest BCUT2D eigenvalue weighted by atomic mass is 15.3. The summed E-state index contributed by atoms with van der Waals surface area (Å²) < 4.78 is 0. The van der Waals surface area contributed by atoms with Gasteiger partial charge in [-0.15, -0.1) is 0 Å². The first-order valence-corrected chi connectivity index (χ1v) is 8.16. The highest BCUT2D eigenvalue weighted by molar-refractivity contribution is 5.29. The Morgan fingerprint density at radius 2 is 1.95 bits per heavy atom. The maximum Gasteiger partial charge on any atom is 0.0451 e. The van der Waals surface area contributed by atoms with E-state index >= 15 is 0 Å². The van der Waals surface area contributed by atoms with Crippen LogP contribution in [0.25, 0.3) is 0 Å². The van der Waals surface area contributed by atoms with E-state index in [2.05, 4.69) is 74.1 Å². The molecule has 3 nitrogen and oxygen atoms in total. The van der Waals surface area contributed by atoms with Gasteiger partial charge in [-0.25, -0.2) is 0 Å². The molecule has 0 radical (unpaired) electrons. The fourth-order valence-corrected chi connectivity index (χ4v) is 3.25. The zero-order valence-corrected chi connectivity index (χ0v) is 14.3. The predicted molar refractivity (Wildman–Crippen MR) is 90.7 cm³/mol. The second-order valence-corrected chi connectivity index (χ2v) is 6.94. The van der Waals surface area contributed by atoms with Crippen LogP contribution in [0.3, 0.4) is 0 Å². The van der Waals surface area contributed by atoms with Crippen molar-refractivity contribution in [3.05, 3.63) is 35.4 Å². The van der Waals surface area contributed by atoms with Gasteiger partial charge < -0.3 is 5.32 Å². The molecule has 0 amide bonds. The Morgan fingerprint density at radius 3 is 2.57 bits per heavy atom. The molecular weight excluding hydrogens is 258 g/mol. The van der Waals surface area contributed by atoms with Crippen molar-refractivity contribution >= 4 is 0 Å². The van der Waals surface area contributed by atoms with Gasteiger partial charge in [-0.05, 0) is 45.5 Å². The Hall–Kier alpha value is -0.900. The van der Waals surface area contributed by atoms with Gasteiger partial charge in [0.2, 0.25) is 0 Å². The van der Waals surface area contributed by atoms with Gasteiger partial charge >= 0.3 is 0 Å². The fraction of sp³-hybridized carbons (Fsp3) is 0.667. The molecule has 3 heteroatoms. The third-order valence-corrected chi connectivity index (χ3v) is 4.85. The molecule has 0 aliphatic carbocycles. The minimum absolute atomic E-state index is 0.265. The quantitative estimate of drug-likeness (QED) is 0.899. The Kier molecular flexibility index (Phi) is 5.42. The van der Waals surface area contributed by atoms with Crippen LogP contribution in [0.15, 0.2) is 24.3 Å². The van der Waals surface area contributed by atoms with Crippen molar-refractivity contribution in [3.63, 3.8) is 0 Å². The molecular formula is C18H31N3. The molecule has 1 unspecified atom stereocenters. The van der Waals surface area contributed by atoms with Crippen molar-refractivity contribution in [1.29, 1.82) is 0 Å². The number of hydrogen-bond donors (Lipinski definition) is 1. The van der Waals surface area contributed by atoms with Crippen molar-refractivity contribution < 1.29 is 0 Å². The minimum Gasteiger partial charge on any atom is -0.309 e. The first-order chi connectivity index (χ1) is 9.94. The van der Waals surface area contributed by atoms with Gasteiger partial charge in [-0.1, -0.05) is 31.2 Å². The lowest BCUT2D eigenvalue weighted by Crippen LogP contribution is -2.58. The largest absolute Gasteiger partial charge is 0.309 e. The van der Waals surface area contributed by atoms with E-state index < -0.39 is 0 Å². The van der Waals surface area contributed by atoms with Crippen LogP contribution in [-0.2, 0) is 0 Å². The Morgan fingerprint density at radius 1 is 1.24 bits per heavy atom. The summed E-state index contributed by atoms with van der Waals surface area (Å²) in [6, 6.07) is 9.19. The van der Waals surface area contributed by atoms with Gasteiger partial charge in [-0.3, -0.25) is 9.80 Å². The monoisotopic (exact) mass is 289 g/mol. The average Bonchev–Trinajstić information content (AvgIpc) is 2.43. The molecule has 0 spiro atoms. The second kappa shape index (κ2) is 6.91. The van der Waals surface area contributed by atoms with Gasteiger partial charge in [0, 0.05) is 37.8 Å². The molecule has 118 valence electrons. The molecule has 0 bridgehead atoms. The molecule has 1 aliphatic rings. The number of nitrogens with one attached hydrogen (secondary N) is 1. The molecule has 1 saturated heterocycles. The van der Waals surface area contributed by atoms with E-state index in [1.807, 2.05) is 0 Å². The van der Waals surface area contributed by atoms with Crippen LogP contribution < -0.4 is 5.32 Å². The maximum absolute atomic E-state index is 3.67. The number of aryl methyl sites for hydroxylation is 1.